The molecule has 0 atom stereocenters. The predicted molar refractivity (Wildman–Crippen MR) is 59.6 cm³/mol. The molecule has 2 aromatic rings. The Balaban J connectivity index is 1.89. The molecular weight excluding hydrogens is 207 g/mol. The Morgan fingerprint density at radius 2 is 2.25 bits per heavy atom. The first kappa shape index (κ1) is 10.6. The van der Waals surface area contributed by atoms with Gasteiger partial charge in [0, 0.05) is 38.1 Å². The fourth-order valence-electron chi connectivity index (χ4n) is 1.47. The first-order chi connectivity index (χ1) is 7.77. The average molecular weight is 220 g/mol. The molecule has 0 aliphatic rings. The van der Waals surface area contributed by atoms with Gasteiger partial charge in [0.25, 0.3) is 0 Å². The van der Waals surface area contributed by atoms with Gasteiger partial charge in [0.05, 0.1) is 0 Å². The molecule has 0 radical (unpaired) electrons. The molecule has 1 N–H and O–H groups in total. The smallest absolute Gasteiger partial charge is 0.165 e. The number of hydrogen-bond acceptors (Lipinski definition) is 3. The highest BCUT2D eigenvalue weighted by Gasteiger charge is 2.02. The van der Waals surface area contributed by atoms with Gasteiger partial charge < -0.3 is 5.32 Å². The van der Waals surface area contributed by atoms with Gasteiger partial charge in [-0.25, -0.2) is 9.37 Å². The fourth-order valence-corrected chi connectivity index (χ4v) is 1.47. The van der Waals surface area contributed by atoms with Gasteiger partial charge in [-0.3, -0.25) is 4.68 Å². The zero-order chi connectivity index (χ0) is 11.4. The van der Waals surface area contributed by atoms with Crippen molar-refractivity contribution in [2.24, 2.45) is 7.05 Å². The largest absolute Gasteiger partial charge is 0.367 e. The van der Waals surface area contributed by atoms with E-state index in [2.05, 4.69) is 15.4 Å². The van der Waals surface area contributed by atoms with Crippen LogP contribution in [0.5, 0.6) is 0 Å². The first-order valence-corrected chi connectivity index (χ1v) is 5.08. The summed E-state index contributed by atoms with van der Waals surface area (Å²) in [6, 6.07) is 4.90. The third-order valence-electron chi connectivity index (χ3n) is 2.35. The third-order valence-corrected chi connectivity index (χ3v) is 2.35. The monoisotopic (exact) mass is 220 g/mol. The van der Waals surface area contributed by atoms with Crippen LogP contribution in [0, 0.1) is 5.82 Å². The van der Waals surface area contributed by atoms with E-state index in [0.717, 1.165) is 12.1 Å². The van der Waals surface area contributed by atoms with Gasteiger partial charge in [0.2, 0.25) is 0 Å². The third kappa shape index (κ3) is 2.36. The normalized spacial score (nSPS) is 10.4. The predicted octanol–water partition coefficient (Wildman–Crippen LogP) is 1.61. The molecule has 0 amide bonds. The second-order valence-corrected chi connectivity index (χ2v) is 3.46. The van der Waals surface area contributed by atoms with E-state index in [4.69, 9.17) is 0 Å². The van der Waals surface area contributed by atoms with E-state index in [-0.39, 0.29) is 5.82 Å². The number of pyridine rings is 1. The molecule has 0 aromatic carbocycles. The minimum Gasteiger partial charge on any atom is -0.367 e. The Morgan fingerprint density at radius 1 is 1.38 bits per heavy atom. The van der Waals surface area contributed by atoms with Crippen LogP contribution < -0.4 is 5.32 Å². The van der Waals surface area contributed by atoms with Gasteiger partial charge in [-0.1, -0.05) is 0 Å². The van der Waals surface area contributed by atoms with Crippen molar-refractivity contribution in [3.8, 4) is 0 Å². The molecule has 0 unspecified atom stereocenters. The molecule has 2 aromatic heterocycles. The molecule has 0 fully saturated rings. The van der Waals surface area contributed by atoms with Crippen molar-refractivity contribution in [2.45, 2.75) is 6.42 Å². The summed E-state index contributed by atoms with van der Waals surface area (Å²) in [6.45, 7) is 0.632. The molecule has 2 heterocycles. The zero-order valence-electron chi connectivity index (χ0n) is 9.02. The number of hydrogen-bond donors (Lipinski definition) is 1. The second-order valence-electron chi connectivity index (χ2n) is 3.46. The first-order valence-electron chi connectivity index (χ1n) is 5.08. The van der Waals surface area contributed by atoms with E-state index in [0.29, 0.717) is 12.4 Å². The summed E-state index contributed by atoms with van der Waals surface area (Å²) in [6.07, 6.45) is 4.10. The summed E-state index contributed by atoms with van der Waals surface area (Å²) < 4.78 is 15.0. The lowest BCUT2D eigenvalue weighted by Gasteiger charge is -2.06. The highest BCUT2D eigenvalue weighted by atomic mass is 19.1. The second kappa shape index (κ2) is 4.74. The van der Waals surface area contributed by atoms with Crippen molar-refractivity contribution < 1.29 is 4.39 Å². The number of aromatic nitrogens is 3. The number of rotatable bonds is 4. The number of anilines is 1. The standard InChI is InChI=1S/C11H13FN4/c1-16-9(5-8-15-16)4-7-14-11-10(12)3-2-6-13-11/h2-3,5-6,8H,4,7H2,1H3,(H,13,14). The Morgan fingerprint density at radius 3 is 2.94 bits per heavy atom. The van der Waals surface area contributed by atoms with Crippen molar-refractivity contribution in [1.82, 2.24) is 14.8 Å². The minimum atomic E-state index is -0.326. The zero-order valence-corrected chi connectivity index (χ0v) is 9.02. The van der Waals surface area contributed by atoms with E-state index in [9.17, 15) is 4.39 Å². The van der Waals surface area contributed by atoms with Crippen LogP contribution in [0.4, 0.5) is 10.2 Å². The van der Waals surface area contributed by atoms with Crippen LogP contribution in [0.1, 0.15) is 5.69 Å². The van der Waals surface area contributed by atoms with E-state index >= 15 is 0 Å². The Hall–Kier alpha value is -1.91. The Labute approximate surface area is 93.1 Å². The summed E-state index contributed by atoms with van der Waals surface area (Å²) >= 11 is 0. The van der Waals surface area contributed by atoms with Crippen LogP contribution in [0.25, 0.3) is 0 Å². The summed E-state index contributed by atoms with van der Waals surface area (Å²) in [5.74, 6) is -0.0304. The molecule has 16 heavy (non-hydrogen) atoms. The van der Waals surface area contributed by atoms with Crippen LogP contribution in [0.15, 0.2) is 30.6 Å². The van der Waals surface area contributed by atoms with Crippen molar-refractivity contribution in [1.29, 1.82) is 0 Å². The van der Waals surface area contributed by atoms with Gasteiger partial charge in [-0.15, -0.1) is 0 Å². The SMILES string of the molecule is Cn1nccc1CCNc1ncccc1F. The van der Waals surface area contributed by atoms with Crippen LogP contribution >= 0.6 is 0 Å². The summed E-state index contributed by atoms with van der Waals surface area (Å²) in [5.41, 5.74) is 1.10. The van der Waals surface area contributed by atoms with E-state index in [1.54, 1.807) is 23.1 Å². The van der Waals surface area contributed by atoms with Crippen molar-refractivity contribution in [3.63, 3.8) is 0 Å². The molecule has 0 aliphatic carbocycles. The molecule has 0 saturated carbocycles. The van der Waals surface area contributed by atoms with E-state index in [1.807, 2.05) is 13.1 Å². The highest BCUT2D eigenvalue weighted by molar-refractivity contribution is 5.35. The molecule has 0 aliphatic heterocycles. The lowest BCUT2D eigenvalue weighted by molar-refractivity contribution is 0.623. The van der Waals surface area contributed by atoms with Crippen molar-refractivity contribution in [2.75, 3.05) is 11.9 Å². The highest BCUT2D eigenvalue weighted by Crippen LogP contribution is 2.08. The lowest BCUT2D eigenvalue weighted by Crippen LogP contribution is -2.10. The van der Waals surface area contributed by atoms with Gasteiger partial charge in [0.15, 0.2) is 11.6 Å². The average Bonchev–Trinajstić information content (AvgIpc) is 2.67. The number of aryl methyl sites for hydroxylation is 1. The van der Waals surface area contributed by atoms with Gasteiger partial charge in [-0.2, -0.15) is 5.10 Å². The van der Waals surface area contributed by atoms with Crippen LogP contribution in [0.2, 0.25) is 0 Å². The number of nitrogens with one attached hydrogen (secondary N) is 1. The summed E-state index contributed by atoms with van der Waals surface area (Å²) in [5, 5.41) is 7.01. The quantitative estimate of drug-likeness (QED) is 0.851. The van der Waals surface area contributed by atoms with E-state index in [1.165, 1.54) is 6.07 Å². The molecule has 0 bridgehead atoms. The molecule has 0 spiro atoms. The molecule has 2 rings (SSSR count). The topological polar surface area (TPSA) is 42.7 Å². The lowest BCUT2D eigenvalue weighted by atomic mass is 10.3. The Bertz CT molecular complexity index is 467. The number of halogens is 1. The van der Waals surface area contributed by atoms with Crippen molar-refractivity contribution >= 4 is 5.82 Å². The maximum Gasteiger partial charge on any atom is 0.165 e. The van der Waals surface area contributed by atoms with Gasteiger partial charge in [0.1, 0.15) is 0 Å². The summed E-state index contributed by atoms with van der Waals surface area (Å²) in [4.78, 5) is 3.91. The molecule has 0 saturated heterocycles. The molecule has 4 nitrogen and oxygen atoms in total. The number of nitrogens with zero attached hydrogens (tertiary/aromatic N) is 3. The van der Waals surface area contributed by atoms with E-state index < -0.39 is 0 Å². The van der Waals surface area contributed by atoms with Crippen LogP contribution in [0.3, 0.4) is 0 Å². The fraction of sp³-hybridized carbons (Fsp3) is 0.273. The maximum atomic E-state index is 13.2. The molecule has 5 heteroatoms. The maximum absolute atomic E-state index is 13.2. The van der Waals surface area contributed by atoms with Gasteiger partial charge >= 0.3 is 0 Å². The molecular formula is C11H13FN4. The van der Waals surface area contributed by atoms with Gasteiger partial charge in [-0.05, 0) is 18.2 Å². The van der Waals surface area contributed by atoms with Crippen LogP contribution in [-0.2, 0) is 13.5 Å². The minimum absolute atomic E-state index is 0.296. The Kier molecular flexibility index (Phi) is 3.14. The van der Waals surface area contributed by atoms with Crippen molar-refractivity contribution in [3.05, 3.63) is 42.1 Å². The molecule has 84 valence electrons. The van der Waals surface area contributed by atoms with Crippen LogP contribution in [-0.4, -0.2) is 21.3 Å². The summed E-state index contributed by atoms with van der Waals surface area (Å²) in [7, 11) is 1.89.